The molecule has 138 valence electrons. The van der Waals surface area contributed by atoms with Gasteiger partial charge in [-0.25, -0.2) is 0 Å². The predicted molar refractivity (Wildman–Crippen MR) is 108 cm³/mol. The minimum absolute atomic E-state index is 0.0217. The van der Waals surface area contributed by atoms with Crippen molar-refractivity contribution in [2.45, 2.75) is 37.1 Å². The van der Waals surface area contributed by atoms with E-state index in [-0.39, 0.29) is 17.9 Å². The zero-order valence-electron chi connectivity index (χ0n) is 14.9. The van der Waals surface area contributed by atoms with Crippen molar-refractivity contribution in [3.63, 3.8) is 0 Å². The second kappa shape index (κ2) is 9.24. The number of nitrogens with zero attached hydrogens (tertiary/aromatic N) is 1. The average Bonchev–Trinajstić information content (AvgIpc) is 3.31. The zero-order chi connectivity index (χ0) is 18.4. The van der Waals surface area contributed by atoms with Crippen LogP contribution in [-0.2, 0) is 16.0 Å². The van der Waals surface area contributed by atoms with Crippen molar-refractivity contribution in [2.75, 3.05) is 18.8 Å². The summed E-state index contributed by atoms with van der Waals surface area (Å²) >= 11 is 3.31. The number of aryl methyl sites for hydroxylation is 1. The summed E-state index contributed by atoms with van der Waals surface area (Å²) in [5, 5.41) is 4.97. The number of rotatable bonds is 7. The molecule has 0 spiro atoms. The fraction of sp³-hybridized carbons (Fsp3) is 0.400. The highest BCUT2D eigenvalue weighted by Crippen LogP contribution is 2.21. The van der Waals surface area contributed by atoms with E-state index in [1.807, 2.05) is 17.5 Å². The maximum Gasteiger partial charge on any atom is 0.242 e. The van der Waals surface area contributed by atoms with Crippen LogP contribution in [0.2, 0.25) is 0 Å². The molecule has 1 aromatic heterocycles. The number of carbonyl (C=O) groups excluding carboxylic acids is 2. The van der Waals surface area contributed by atoms with E-state index < -0.39 is 0 Å². The molecule has 0 bridgehead atoms. The van der Waals surface area contributed by atoms with Gasteiger partial charge in [0.1, 0.15) is 6.04 Å². The average molecular weight is 389 g/mol. The van der Waals surface area contributed by atoms with Crippen molar-refractivity contribution in [1.29, 1.82) is 0 Å². The first-order valence-electron chi connectivity index (χ1n) is 8.92. The van der Waals surface area contributed by atoms with Gasteiger partial charge in [-0.3, -0.25) is 9.59 Å². The summed E-state index contributed by atoms with van der Waals surface area (Å²) in [6, 6.07) is 12.0. The SMILES string of the molecule is Cc1ccc(SCCNC(=O)[C@H]2CCCN2C(=O)Cc2cccs2)cc1. The first kappa shape index (κ1) is 19.0. The molecule has 2 heterocycles. The minimum Gasteiger partial charge on any atom is -0.353 e. The summed E-state index contributed by atoms with van der Waals surface area (Å²) < 4.78 is 0. The fourth-order valence-corrected chi connectivity index (χ4v) is 4.56. The Morgan fingerprint density at radius 1 is 1.27 bits per heavy atom. The molecule has 26 heavy (non-hydrogen) atoms. The summed E-state index contributed by atoms with van der Waals surface area (Å²) in [5.74, 6) is 0.857. The lowest BCUT2D eigenvalue weighted by Crippen LogP contribution is -2.46. The molecule has 0 saturated carbocycles. The van der Waals surface area contributed by atoms with Gasteiger partial charge < -0.3 is 10.2 Å². The molecule has 1 aromatic carbocycles. The Morgan fingerprint density at radius 3 is 2.81 bits per heavy atom. The molecule has 1 aliphatic rings. The summed E-state index contributed by atoms with van der Waals surface area (Å²) in [6.07, 6.45) is 2.05. The van der Waals surface area contributed by atoms with Crippen LogP contribution in [-0.4, -0.2) is 41.6 Å². The number of benzene rings is 1. The van der Waals surface area contributed by atoms with Crippen molar-refractivity contribution < 1.29 is 9.59 Å². The number of nitrogens with one attached hydrogen (secondary N) is 1. The van der Waals surface area contributed by atoms with E-state index in [9.17, 15) is 9.59 Å². The van der Waals surface area contributed by atoms with Gasteiger partial charge in [0.25, 0.3) is 0 Å². The van der Waals surface area contributed by atoms with Gasteiger partial charge in [0, 0.05) is 28.6 Å². The van der Waals surface area contributed by atoms with Crippen molar-refractivity contribution in [3.8, 4) is 0 Å². The lowest BCUT2D eigenvalue weighted by atomic mass is 10.2. The molecular formula is C20H24N2O2S2. The van der Waals surface area contributed by atoms with Crippen LogP contribution in [0.3, 0.4) is 0 Å². The molecule has 1 N–H and O–H groups in total. The van der Waals surface area contributed by atoms with Crippen molar-refractivity contribution in [2.24, 2.45) is 0 Å². The molecule has 1 fully saturated rings. The summed E-state index contributed by atoms with van der Waals surface area (Å²) in [7, 11) is 0. The van der Waals surface area contributed by atoms with Crippen LogP contribution < -0.4 is 5.32 Å². The third kappa shape index (κ3) is 5.11. The normalized spacial score (nSPS) is 16.7. The van der Waals surface area contributed by atoms with Crippen molar-refractivity contribution in [3.05, 3.63) is 52.2 Å². The molecule has 0 radical (unpaired) electrons. The molecule has 0 unspecified atom stereocenters. The van der Waals surface area contributed by atoms with Crippen LogP contribution in [0, 0.1) is 6.92 Å². The van der Waals surface area contributed by atoms with E-state index in [4.69, 9.17) is 0 Å². The highest BCUT2D eigenvalue weighted by molar-refractivity contribution is 7.99. The first-order valence-corrected chi connectivity index (χ1v) is 10.8. The maximum absolute atomic E-state index is 12.5. The Hall–Kier alpha value is -1.79. The van der Waals surface area contributed by atoms with Crippen molar-refractivity contribution >= 4 is 34.9 Å². The van der Waals surface area contributed by atoms with Gasteiger partial charge >= 0.3 is 0 Å². The second-order valence-corrected chi connectivity index (χ2v) is 8.65. The highest BCUT2D eigenvalue weighted by atomic mass is 32.2. The summed E-state index contributed by atoms with van der Waals surface area (Å²) in [6.45, 7) is 3.36. The largest absolute Gasteiger partial charge is 0.353 e. The number of carbonyl (C=O) groups is 2. The molecule has 2 amide bonds. The topological polar surface area (TPSA) is 49.4 Å². The van der Waals surface area contributed by atoms with E-state index in [0.29, 0.717) is 19.5 Å². The molecular weight excluding hydrogens is 364 g/mol. The van der Waals surface area contributed by atoms with Gasteiger partial charge in [0.15, 0.2) is 0 Å². The smallest absolute Gasteiger partial charge is 0.242 e. The molecule has 1 aliphatic heterocycles. The van der Waals surface area contributed by atoms with Gasteiger partial charge in [-0.05, 0) is 43.3 Å². The van der Waals surface area contributed by atoms with Crippen LogP contribution in [0.25, 0.3) is 0 Å². The van der Waals surface area contributed by atoms with Gasteiger partial charge in [0.05, 0.1) is 6.42 Å². The number of likely N-dealkylation sites (tertiary alicyclic amines) is 1. The van der Waals surface area contributed by atoms with Crippen LogP contribution in [0.4, 0.5) is 0 Å². The van der Waals surface area contributed by atoms with Gasteiger partial charge in [0.2, 0.25) is 11.8 Å². The zero-order valence-corrected chi connectivity index (χ0v) is 16.6. The lowest BCUT2D eigenvalue weighted by Gasteiger charge is -2.23. The molecule has 3 rings (SSSR count). The number of thioether (sulfide) groups is 1. The Morgan fingerprint density at radius 2 is 2.08 bits per heavy atom. The molecule has 1 saturated heterocycles. The summed E-state index contributed by atoms with van der Waals surface area (Å²) in [4.78, 5) is 29.0. The van der Waals surface area contributed by atoms with Gasteiger partial charge in [-0.1, -0.05) is 23.8 Å². The molecule has 1 atom stereocenters. The molecule has 6 heteroatoms. The van der Waals surface area contributed by atoms with E-state index in [2.05, 4.69) is 36.5 Å². The number of thiophene rings is 1. The Kier molecular flexibility index (Phi) is 6.74. The monoisotopic (exact) mass is 388 g/mol. The lowest BCUT2D eigenvalue weighted by molar-refractivity contribution is -0.137. The maximum atomic E-state index is 12.5. The van der Waals surface area contributed by atoms with Gasteiger partial charge in [-0.15, -0.1) is 23.1 Å². The van der Waals surface area contributed by atoms with Crippen molar-refractivity contribution in [1.82, 2.24) is 10.2 Å². The first-order chi connectivity index (χ1) is 12.6. The van der Waals surface area contributed by atoms with Crippen LogP contribution in [0.5, 0.6) is 0 Å². The Bertz CT molecular complexity index is 729. The quantitative estimate of drug-likeness (QED) is 0.583. The van der Waals surface area contributed by atoms with E-state index >= 15 is 0 Å². The fourth-order valence-electron chi connectivity index (χ4n) is 3.10. The Balaban J connectivity index is 1.44. The number of amides is 2. The van der Waals surface area contributed by atoms with Crippen LogP contribution in [0.1, 0.15) is 23.3 Å². The van der Waals surface area contributed by atoms with E-state index in [1.54, 1.807) is 28.0 Å². The standard InChI is InChI=1S/C20H24N2O2S2/c1-15-6-8-16(9-7-15)26-13-10-21-20(24)18-5-2-11-22(18)19(23)14-17-4-3-12-25-17/h3-4,6-9,12,18H,2,5,10-11,13-14H2,1H3,(H,21,24)/t18-/m1/s1. The molecule has 2 aromatic rings. The van der Waals surface area contributed by atoms with Crippen LogP contribution >= 0.6 is 23.1 Å². The molecule has 0 aliphatic carbocycles. The minimum atomic E-state index is -0.313. The van der Waals surface area contributed by atoms with E-state index in [0.717, 1.165) is 23.5 Å². The number of hydrogen-bond donors (Lipinski definition) is 1. The van der Waals surface area contributed by atoms with Gasteiger partial charge in [-0.2, -0.15) is 0 Å². The number of hydrogen-bond acceptors (Lipinski definition) is 4. The molecule has 4 nitrogen and oxygen atoms in total. The Labute approximate surface area is 163 Å². The highest BCUT2D eigenvalue weighted by Gasteiger charge is 2.33. The second-order valence-electron chi connectivity index (χ2n) is 6.45. The third-order valence-electron chi connectivity index (χ3n) is 4.47. The van der Waals surface area contributed by atoms with E-state index in [1.165, 1.54) is 10.5 Å². The summed E-state index contributed by atoms with van der Waals surface area (Å²) in [5.41, 5.74) is 1.25. The third-order valence-corrected chi connectivity index (χ3v) is 6.36. The van der Waals surface area contributed by atoms with Crippen LogP contribution in [0.15, 0.2) is 46.7 Å². The predicted octanol–water partition coefficient (Wildman–Crippen LogP) is 3.50.